The molecule has 2 heterocycles. The topological polar surface area (TPSA) is 28.2 Å². The quantitative estimate of drug-likeness (QED) is 0.774. The molecule has 2 aromatic carbocycles. The first-order valence-corrected chi connectivity index (χ1v) is 8.98. The molecule has 1 unspecified atom stereocenters. The minimum absolute atomic E-state index is 0.333. The number of fused-ring (bicyclic) bond motifs is 1. The largest absolute Gasteiger partial charge is 0.315 e. The van der Waals surface area contributed by atoms with E-state index >= 15 is 0 Å². The molecule has 1 fully saturated rings. The van der Waals surface area contributed by atoms with Crippen molar-refractivity contribution >= 4 is 10.9 Å². The molecule has 0 spiro atoms. The van der Waals surface area contributed by atoms with Gasteiger partial charge in [0.05, 0.1) is 17.3 Å². The maximum absolute atomic E-state index is 14.6. The Morgan fingerprint density at radius 1 is 0.962 bits per heavy atom. The molecule has 26 heavy (non-hydrogen) atoms. The second-order valence-electron chi connectivity index (χ2n) is 6.64. The average Bonchev–Trinajstić information content (AvgIpc) is 2.93. The van der Waals surface area contributed by atoms with Crippen LogP contribution in [0, 0.1) is 11.6 Å². The van der Waals surface area contributed by atoms with Crippen molar-refractivity contribution in [2.75, 3.05) is 26.2 Å². The molecule has 0 saturated carbocycles. The first kappa shape index (κ1) is 17.1. The predicted molar refractivity (Wildman–Crippen MR) is 99.0 cm³/mol. The van der Waals surface area contributed by atoms with Gasteiger partial charge in [0.15, 0.2) is 0 Å². The smallest absolute Gasteiger partial charge is 0.131 e. The Morgan fingerprint density at radius 2 is 1.85 bits per heavy atom. The summed E-state index contributed by atoms with van der Waals surface area (Å²) in [5, 5.41) is 4.42. The van der Waals surface area contributed by atoms with Crippen molar-refractivity contribution in [3.05, 3.63) is 77.5 Å². The van der Waals surface area contributed by atoms with E-state index in [0.717, 1.165) is 55.3 Å². The van der Waals surface area contributed by atoms with Crippen LogP contribution in [0.25, 0.3) is 10.9 Å². The lowest BCUT2D eigenvalue weighted by molar-refractivity contribution is 0.233. The summed E-state index contributed by atoms with van der Waals surface area (Å²) in [6.07, 6.45) is 0.979. The molecule has 1 aliphatic heterocycles. The van der Waals surface area contributed by atoms with Gasteiger partial charge in [-0.2, -0.15) is 0 Å². The van der Waals surface area contributed by atoms with E-state index in [-0.39, 0.29) is 6.04 Å². The highest BCUT2D eigenvalue weighted by Crippen LogP contribution is 2.31. The number of para-hydroxylation sites is 1. The molecular weight excluding hydrogens is 332 g/mol. The van der Waals surface area contributed by atoms with E-state index in [1.165, 1.54) is 6.07 Å². The number of pyridine rings is 1. The van der Waals surface area contributed by atoms with Crippen molar-refractivity contribution < 1.29 is 8.78 Å². The summed E-state index contributed by atoms with van der Waals surface area (Å²) in [6.45, 7) is 3.41. The SMILES string of the molecule is Fc1ccc(C(c2ccc3ccccc3n2)N2CCCNCC2)c(F)c1. The summed E-state index contributed by atoms with van der Waals surface area (Å²) in [4.78, 5) is 7.03. The van der Waals surface area contributed by atoms with Gasteiger partial charge in [-0.05, 0) is 31.2 Å². The normalized spacial score (nSPS) is 17.2. The van der Waals surface area contributed by atoms with E-state index in [1.54, 1.807) is 6.07 Å². The van der Waals surface area contributed by atoms with Gasteiger partial charge in [0.2, 0.25) is 0 Å². The average molecular weight is 353 g/mol. The van der Waals surface area contributed by atoms with Gasteiger partial charge < -0.3 is 5.32 Å². The fraction of sp³-hybridized carbons (Fsp3) is 0.286. The van der Waals surface area contributed by atoms with E-state index in [0.29, 0.717) is 5.56 Å². The fourth-order valence-corrected chi connectivity index (χ4v) is 3.63. The molecule has 134 valence electrons. The molecule has 0 aliphatic carbocycles. The summed E-state index contributed by atoms with van der Waals surface area (Å²) in [5.41, 5.74) is 2.14. The number of benzene rings is 2. The maximum atomic E-state index is 14.6. The summed E-state index contributed by atoms with van der Waals surface area (Å²) < 4.78 is 28.1. The molecule has 0 bridgehead atoms. The third-order valence-corrected chi connectivity index (χ3v) is 4.90. The van der Waals surface area contributed by atoms with Crippen LogP contribution in [-0.2, 0) is 0 Å². The molecule has 3 aromatic rings. The van der Waals surface area contributed by atoms with Crippen LogP contribution >= 0.6 is 0 Å². The van der Waals surface area contributed by atoms with Crippen molar-refractivity contribution in [3.63, 3.8) is 0 Å². The zero-order valence-electron chi connectivity index (χ0n) is 14.5. The molecule has 1 atom stereocenters. The standard InChI is InChI=1S/C21H21F2N3/c22-16-7-8-17(18(23)14-16)21(26-12-3-10-24-11-13-26)20-9-6-15-4-1-2-5-19(15)25-20/h1-2,4-9,14,21,24H,3,10-13H2. The van der Waals surface area contributed by atoms with Crippen LogP contribution < -0.4 is 5.32 Å². The Morgan fingerprint density at radius 3 is 2.73 bits per heavy atom. The fourth-order valence-electron chi connectivity index (χ4n) is 3.63. The molecule has 1 N–H and O–H groups in total. The molecule has 3 nitrogen and oxygen atoms in total. The van der Waals surface area contributed by atoms with Crippen LogP contribution in [0.1, 0.15) is 23.7 Å². The highest BCUT2D eigenvalue weighted by Gasteiger charge is 2.27. The van der Waals surface area contributed by atoms with Crippen LogP contribution in [0.5, 0.6) is 0 Å². The predicted octanol–water partition coefficient (Wildman–Crippen LogP) is 3.90. The van der Waals surface area contributed by atoms with Gasteiger partial charge in [0.25, 0.3) is 0 Å². The zero-order valence-corrected chi connectivity index (χ0v) is 14.5. The first-order chi connectivity index (χ1) is 12.7. The Kier molecular flexibility index (Phi) is 4.91. The van der Waals surface area contributed by atoms with Crippen molar-refractivity contribution in [1.29, 1.82) is 0 Å². The molecule has 1 saturated heterocycles. The van der Waals surface area contributed by atoms with Crippen molar-refractivity contribution in [2.45, 2.75) is 12.5 Å². The third kappa shape index (κ3) is 3.45. The second kappa shape index (κ2) is 7.48. The number of hydrogen-bond donors (Lipinski definition) is 1. The van der Waals surface area contributed by atoms with Crippen LogP contribution in [0.4, 0.5) is 8.78 Å². The third-order valence-electron chi connectivity index (χ3n) is 4.90. The minimum atomic E-state index is -0.561. The molecular formula is C21H21F2N3. The highest BCUT2D eigenvalue weighted by atomic mass is 19.1. The Hall–Kier alpha value is -2.37. The number of hydrogen-bond acceptors (Lipinski definition) is 3. The molecule has 1 aromatic heterocycles. The monoisotopic (exact) mass is 353 g/mol. The van der Waals surface area contributed by atoms with Gasteiger partial charge in [0, 0.05) is 36.7 Å². The first-order valence-electron chi connectivity index (χ1n) is 8.98. The van der Waals surface area contributed by atoms with Crippen LogP contribution in [-0.4, -0.2) is 36.1 Å². The van der Waals surface area contributed by atoms with E-state index in [4.69, 9.17) is 4.98 Å². The van der Waals surface area contributed by atoms with E-state index in [1.807, 2.05) is 36.4 Å². The van der Waals surface area contributed by atoms with Crippen molar-refractivity contribution in [3.8, 4) is 0 Å². The van der Waals surface area contributed by atoms with Gasteiger partial charge in [-0.15, -0.1) is 0 Å². The number of rotatable bonds is 3. The van der Waals surface area contributed by atoms with Gasteiger partial charge in [0.1, 0.15) is 11.6 Å². The summed E-state index contributed by atoms with van der Waals surface area (Å²) in [5.74, 6) is -1.09. The van der Waals surface area contributed by atoms with E-state index in [2.05, 4.69) is 10.2 Å². The summed E-state index contributed by atoms with van der Waals surface area (Å²) in [6, 6.07) is 15.4. The summed E-state index contributed by atoms with van der Waals surface area (Å²) in [7, 11) is 0. The van der Waals surface area contributed by atoms with Crippen LogP contribution in [0.3, 0.4) is 0 Å². The molecule has 0 radical (unpaired) electrons. The van der Waals surface area contributed by atoms with Crippen LogP contribution in [0.2, 0.25) is 0 Å². The van der Waals surface area contributed by atoms with Crippen molar-refractivity contribution in [2.24, 2.45) is 0 Å². The lowest BCUT2D eigenvalue weighted by Gasteiger charge is -2.31. The van der Waals surface area contributed by atoms with Gasteiger partial charge in [-0.25, -0.2) is 8.78 Å². The summed E-state index contributed by atoms with van der Waals surface area (Å²) >= 11 is 0. The minimum Gasteiger partial charge on any atom is -0.315 e. The number of halogens is 2. The van der Waals surface area contributed by atoms with E-state index in [9.17, 15) is 8.78 Å². The molecule has 5 heteroatoms. The molecule has 0 amide bonds. The van der Waals surface area contributed by atoms with E-state index < -0.39 is 11.6 Å². The zero-order chi connectivity index (χ0) is 17.9. The van der Waals surface area contributed by atoms with Gasteiger partial charge in [-0.3, -0.25) is 9.88 Å². The molecule has 1 aliphatic rings. The second-order valence-corrected chi connectivity index (χ2v) is 6.64. The van der Waals surface area contributed by atoms with Crippen LogP contribution in [0.15, 0.2) is 54.6 Å². The van der Waals surface area contributed by atoms with Gasteiger partial charge >= 0.3 is 0 Å². The lowest BCUT2D eigenvalue weighted by Crippen LogP contribution is -2.34. The van der Waals surface area contributed by atoms with Crippen molar-refractivity contribution in [1.82, 2.24) is 15.2 Å². The Labute approximate surface area is 151 Å². The number of aromatic nitrogens is 1. The number of nitrogens with one attached hydrogen (secondary N) is 1. The highest BCUT2D eigenvalue weighted by molar-refractivity contribution is 5.78. The maximum Gasteiger partial charge on any atom is 0.131 e. The Bertz CT molecular complexity index is 905. The number of nitrogens with zero attached hydrogens (tertiary/aromatic N) is 2. The van der Waals surface area contributed by atoms with Gasteiger partial charge in [-0.1, -0.05) is 30.3 Å². The Balaban J connectivity index is 1.82. The lowest BCUT2D eigenvalue weighted by atomic mass is 9.99. The molecule has 4 rings (SSSR count).